The molecule has 1 heterocycles. The lowest BCUT2D eigenvalue weighted by Gasteiger charge is -2.15. The van der Waals surface area contributed by atoms with Crippen LogP contribution in [0, 0.1) is 10.1 Å². The van der Waals surface area contributed by atoms with E-state index in [1.165, 1.54) is 17.4 Å². The molecule has 0 saturated carbocycles. The zero-order valence-corrected chi connectivity index (χ0v) is 17.8. The average Bonchev–Trinajstić information content (AvgIpc) is 3.24. The van der Waals surface area contributed by atoms with Crippen molar-refractivity contribution in [3.8, 4) is 16.9 Å². The number of nitro groups is 1. The number of anilines is 1. The SMILES string of the molecule is COc1ccc([C@H](Cc2ccc(-c3cccc([N+](=O)[O-])c3)cc2)c2csc(N)[nH+]2)cc1. The molecule has 31 heavy (non-hydrogen) atoms. The van der Waals surface area contributed by atoms with Crippen LogP contribution in [0.2, 0.25) is 0 Å². The second-order valence-corrected chi connectivity index (χ2v) is 8.13. The molecule has 1 aromatic heterocycles. The van der Waals surface area contributed by atoms with Gasteiger partial charge in [-0.3, -0.25) is 15.8 Å². The first kappa shape index (κ1) is 20.6. The van der Waals surface area contributed by atoms with Crippen molar-refractivity contribution in [1.82, 2.24) is 0 Å². The number of hydrogen-bond acceptors (Lipinski definition) is 5. The maximum absolute atomic E-state index is 11.1. The van der Waals surface area contributed by atoms with Crippen molar-refractivity contribution in [2.24, 2.45) is 0 Å². The number of nitrogens with zero attached hydrogens (tertiary/aromatic N) is 1. The smallest absolute Gasteiger partial charge is 0.329 e. The number of thiazole rings is 1. The molecule has 0 aliphatic heterocycles. The molecule has 0 radical (unpaired) electrons. The Bertz CT molecular complexity index is 1190. The van der Waals surface area contributed by atoms with Crippen LogP contribution in [-0.2, 0) is 6.42 Å². The number of rotatable bonds is 7. The minimum absolute atomic E-state index is 0.0896. The van der Waals surface area contributed by atoms with Gasteiger partial charge in [-0.25, -0.2) is 4.98 Å². The maximum atomic E-state index is 11.1. The lowest BCUT2D eigenvalue weighted by Crippen LogP contribution is -2.17. The minimum Gasteiger partial charge on any atom is -0.497 e. The summed E-state index contributed by atoms with van der Waals surface area (Å²) < 4.78 is 5.29. The van der Waals surface area contributed by atoms with Crippen LogP contribution in [0.1, 0.15) is 22.7 Å². The molecule has 6 nitrogen and oxygen atoms in total. The normalized spacial score (nSPS) is 11.8. The van der Waals surface area contributed by atoms with E-state index in [4.69, 9.17) is 10.5 Å². The van der Waals surface area contributed by atoms with Gasteiger partial charge in [-0.05, 0) is 40.8 Å². The van der Waals surface area contributed by atoms with Crippen molar-refractivity contribution in [2.75, 3.05) is 12.8 Å². The Kier molecular flexibility index (Phi) is 5.95. The molecule has 0 bridgehead atoms. The second kappa shape index (κ2) is 8.97. The van der Waals surface area contributed by atoms with Crippen molar-refractivity contribution in [2.45, 2.75) is 12.3 Å². The first-order valence-corrected chi connectivity index (χ1v) is 10.7. The maximum Gasteiger partial charge on any atom is 0.329 e. The van der Waals surface area contributed by atoms with Crippen molar-refractivity contribution in [3.05, 3.63) is 105 Å². The van der Waals surface area contributed by atoms with Crippen molar-refractivity contribution in [3.63, 3.8) is 0 Å². The fourth-order valence-corrected chi connectivity index (χ4v) is 4.26. The van der Waals surface area contributed by atoms with E-state index in [2.05, 4.69) is 34.6 Å². The van der Waals surface area contributed by atoms with Crippen LogP contribution in [-0.4, -0.2) is 12.0 Å². The van der Waals surface area contributed by atoms with Gasteiger partial charge in [-0.2, -0.15) is 0 Å². The van der Waals surface area contributed by atoms with E-state index in [1.807, 2.05) is 30.3 Å². The Morgan fingerprint density at radius 1 is 1.06 bits per heavy atom. The monoisotopic (exact) mass is 432 g/mol. The minimum atomic E-state index is -0.375. The summed E-state index contributed by atoms with van der Waals surface area (Å²) in [5.74, 6) is 0.931. The number of nitrogen functional groups attached to an aromatic ring is 1. The van der Waals surface area contributed by atoms with Gasteiger partial charge >= 0.3 is 5.13 Å². The van der Waals surface area contributed by atoms with Crippen LogP contribution in [0.5, 0.6) is 5.75 Å². The van der Waals surface area contributed by atoms with E-state index in [1.54, 1.807) is 19.2 Å². The summed E-state index contributed by atoms with van der Waals surface area (Å²) in [5, 5.41) is 13.8. The highest BCUT2D eigenvalue weighted by atomic mass is 32.1. The van der Waals surface area contributed by atoms with Crippen molar-refractivity contribution < 1.29 is 14.6 Å². The van der Waals surface area contributed by atoms with E-state index in [0.717, 1.165) is 40.1 Å². The molecule has 0 aliphatic rings. The molecule has 0 spiro atoms. The molecule has 1 atom stereocenters. The Morgan fingerprint density at radius 2 is 1.81 bits per heavy atom. The molecule has 7 heteroatoms. The number of aromatic amines is 1. The van der Waals surface area contributed by atoms with Crippen LogP contribution in [0.15, 0.2) is 78.2 Å². The molecule has 3 aromatic carbocycles. The summed E-state index contributed by atoms with van der Waals surface area (Å²) >= 11 is 1.49. The summed E-state index contributed by atoms with van der Waals surface area (Å²) in [5.41, 5.74) is 11.2. The van der Waals surface area contributed by atoms with Crippen LogP contribution in [0.4, 0.5) is 10.8 Å². The molecule has 0 saturated heterocycles. The number of nitrogens with one attached hydrogen (secondary N) is 1. The molecule has 0 aliphatic carbocycles. The average molecular weight is 433 g/mol. The highest BCUT2D eigenvalue weighted by Gasteiger charge is 2.20. The Morgan fingerprint density at radius 3 is 2.42 bits per heavy atom. The summed E-state index contributed by atoms with van der Waals surface area (Å²) in [4.78, 5) is 14.0. The van der Waals surface area contributed by atoms with Crippen LogP contribution >= 0.6 is 11.3 Å². The Hall–Kier alpha value is -3.71. The summed E-state index contributed by atoms with van der Waals surface area (Å²) in [7, 11) is 1.66. The fraction of sp³-hybridized carbons (Fsp3) is 0.125. The lowest BCUT2D eigenvalue weighted by molar-refractivity contribution is -0.384. The highest BCUT2D eigenvalue weighted by Crippen LogP contribution is 2.31. The summed E-state index contributed by atoms with van der Waals surface area (Å²) in [6.45, 7) is 0. The van der Waals surface area contributed by atoms with Crippen LogP contribution in [0.3, 0.4) is 0 Å². The van der Waals surface area contributed by atoms with Gasteiger partial charge in [0.2, 0.25) is 0 Å². The van der Waals surface area contributed by atoms with E-state index >= 15 is 0 Å². The summed E-state index contributed by atoms with van der Waals surface area (Å²) in [6.07, 6.45) is 0.786. The van der Waals surface area contributed by atoms with E-state index in [0.29, 0.717) is 5.13 Å². The molecule has 4 rings (SSSR count). The van der Waals surface area contributed by atoms with Gasteiger partial charge in [0.1, 0.15) is 11.4 Å². The molecular weight excluding hydrogens is 410 g/mol. The van der Waals surface area contributed by atoms with Crippen LogP contribution < -0.4 is 15.5 Å². The third kappa shape index (κ3) is 4.73. The zero-order chi connectivity index (χ0) is 21.8. The van der Waals surface area contributed by atoms with Gasteiger partial charge < -0.3 is 4.74 Å². The lowest BCUT2D eigenvalue weighted by atomic mass is 9.89. The fourth-order valence-electron chi connectivity index (χ4n) is 3.61. The van der Waals surface area contributed by atoms with E-state index < -0.39 is 0 Å². The molecule has 0 amide bonds. The van der Waals surface area contributed by atoms with Crippen molar-refractivity contribution >= 4 is 22.2 Å². The standard InChI is InChI=1S/C24H21N3O3S/c1-30-21-11-9-18(10-12-21)22(23-15-31-24(25)26-23)13-16-5-7-17(8-6-16)19-3-2-4-20(14-19)27(28)29/h2-12,14-15,22H,13H2,1H3,(H2,25,26)/p+1/t22-/m0/s1. The van der Waals surface area contributed by atoms with Gasteiger partial charge in [0.05, 0.1) is 18.0 Å². The van der Waals surface area contributed by atoms with Crippen molar-refractivity contribution in [1.29, 1.82) is 0 Å². The number of ether oxygens (including phenoxy) is 1. The highest BCUT2D eigenvalue weighted by molar-refractivity contribution is 7.13. The zero-order valence-electron chi connectivity index (χ0n) is 16.9. The third-order valence-corrected chi connectivity index (χ3v) is 5.99. The number of H-pyrrole nitrogens is 1. The number of hydrogen-bond donors (Lipinski definition) is 1. The Balaban J connectivity index is 1.61. The first-order chi connectivity index (χ1) is 15.0. The largest absolute Gasteiger partial charge is 0.497 e. The molecular formula is C24H22N3O3S+. The second-order valence-electron chi connectivity index (χ2n) is 7.21. The number of nitrogens with two attached hydrogens (primary N) is 1. The number of non-ortho nitro benzene ring substituents is 1. The molecule has 3 N–H and O–H groups in total. The number of nitro benzene ring substituents is 1. The number of benzene rings is 3. The summed E-state index contributed by atoms with van der Waals surface area (Å²) in [6, 6.07) is 22.9. The molecule has 0 unspecified atom stereocenters. The number of methoxy groups -OCH3 is 1. The molecule has 4 aromatic rings. The molecule has 156 valence electrons. The first-order valence-electron chi connectivity index (χ1n) is 9.77. The van der Waals surface area contributed by atoms with Gasteiger partial charge in [0.25, 0.3) is 5.69 Å². The van der Waals surface area contributed by atoms with Gasteiger partial charge in [-0.15, -0.1) is 0 Å². The van der Waals surface area contributed by atoms with E-state index in [-0.39, 0.29) is 16.5 Å². The topological polar surface area (TPSA) is 92.5 Å². The predicted octanol–water partition coefficient (Wildman–Crippen LogP) is 5.10. The van der Waals surface area contributed by atoms with Crippen LogP contribution in [0.25, 0.3) is 11.1 Å². The predicted molar refractivity (Wildman–Crippen MR) is 122 cm³/mol. The number of aromatic nitrogens is 1. The molecule has 0 fully saturated rings. The van der Waals surface area contributed by atoms with Gasteiger partial charge in [0, 0.05) is 17.5 Å². The van der Waals surface area contributed by atoms with Gasteiger partial charge in [-0.1, -0.05) is 59.9 Å². The van der Waals surface area contributed by atoms with E-state index in [9.17, 15) is 10.1 Å². The quantitative estimate of drug-likeness (QED) is 0.325. The third-order valence-electron chi connectivity index (χ3n) is 5.26. The van der Waals surface area contributed by atoms with Gasteiger partial charge in [0.15, 0.2) is 0 Å². The Labute approximate surface area is 184 Å².